The number of hydrogen-bond donors (Lipinski definition) is 2. The molecule has 0 saturated heterocycles. The van der Waals surface area contributed by atoms with E-state index in [-0.39, 0.29) is 5.91 Å². The van der Waals surface area contributed by atoms with E-state index in [1.165, 1.54) is 0 Å². The van der Waals surface area contributed by atoms with Crippen molar-refractivity contribution in [2.24, 2.45) is 0 Å². The van der Waals surface area contributed by atoms with Gasteiger partial charge in [-0.3, -0.25) is 4.79 Å². The van der Waals surface area contributed by atoms with Crippen LogP contribution in [-0.4, -0.2) is 10.9 Å². The highest BCUT2D eigenvalue weighted by Crippen LogP contribution is 2.17. The third kappa shape index (κ3) is 3.55. The van der Waals surface area contributed by atoms with Gasteiger partial charge in [0.25, 0.3) is 5.91 Å². The van der Waals surface area contributed by atoms with Crippen molar-refractivity contribution in [2.75, 3.05) is 5.32 Å². The Kier molecular flexibility index (Phi) is 4.20. The predicted molar refractivity (Wildman–Crippen MR) is 86.0 cm³/mol. The zero-order valence-corrected chi connectivity index (χ0v) is 12.0. The van der Waals surface area contributed by atoms with Gasteiger partial charge in [0, 0.05) is 11.9 Å². The Hall–Kier alpha value is -3.01. The van der Waals surface area contributed by atoms with Crippen molar-refractivity contribution in [1.29, 1.82) is 0 Å². The highest BCUT2D eigenvalue weighted by Gasteiger charge is 2.06. The fourth-order valence-corrected chi connectivity index (χ4v) is 2.05. The highest BCUT2D eigenvalue weighted by atomic mass is 16.5. The van der Waals surface area contributed by atoms with Crippen LogP contribution in [0.25, 0.3) is 0 Å². The Morgan fingerprint density at radius 3 is 2.41 bits per heavy atom. The number of benzene rings is 2. The van der Waals surface area contributed by atoms with Gasteiger partial charge < -0.3 is 15.0 Å². The standard InChI is InChI=1S/C18H16N2O2/c21-18(17-7-4-12-19-17)20-15-8-10-16(11-9-15)22-13-14-5-2-1-3-6-14/h1-12,19H,13H2,(H,20,21). The maximum atomic E-state index is 11.9. The maximum absolute atomic E-state index is 11.9. The molecule has 110 valence electrons. The fourth-order valence-electron chi connectivity index (χ4n) is 2.05. The van der Waals surface area contributed by atoms with E-state index in [9.17, 15) is 4.79 Å². The molecule has 0 unspecified atom stereocenters. The summed E-state index contributed by atoms with van der Waals surface area (Å²) in [7, 11) is 0. The third-order valence-corrected chi connectivity index (χ3v) is 3.20. The zero-order valence-electron chi connectivity index (χ0n) is 12.0. The molecule has 1 heterocycles. The van der Waals surface area contributed by atoms with Crippen LogP contribution in [0, 0.1) is 0 Å². The van der Waals surface area contributed by atoms with E-state index >= 15 is 0 Å². The predicted octanol–water partition coefficient (Wildman–Crippen LogP) is 3.85. The minimum atomic E-state index is -0.164. The van der Waals surface area contributed by atoms with Gasteiger partial charge in [-0.25, -0.2) is 0 Å². The van der Waals surface area contributed by atoms with E-state index in [1.807, 2.05) is 54.6 Å². The Bertz CT molecular complexity index is 720. The van der Waals surface area contributed by atoms with E-state index < -0.39 is 0 Å². The maximum Gasteiger partial charge on any atom is 0.272 e. The second kappa shape index (κ2) is 6.63. The lowest BCUT2D eigenvalue weighted by atomic mass is 10.2. The number of hydrogen-bond acceptors (Lipinski definition) is 2. The molecule has 3 aromatic rings. The molecule has 22 heavy (non-hydrogen) atoms. The lowest BCUT2D eigenvalue weighted by Crippen LogP contribution is -2.11. The monoisotopic (exact) mass is 292 g/mol. The van der Waals surface area contributed by atoms with Gasteiger partial charge in [-0.15, -0.1) is 0 Å². The Morgan fingerprint density at radius 1 is 0.955 bits per heavy atom. The molecule has 4 nitrogen and oxygen atoms in total. The first-order valence-corrected chi connectivity index (χ1v) is 7.03. The molecule has 4 heteroatoms. The summed E-state index contributed by atoms with van der Waals surface area (Å²) < 4.78 is 5.71. The molecular formula is C18H16N2O2. The summed E-state index contributed by atoms with van der Waals surface area (Å²) in [5.41, 5.74) is 2.38. The van der Waals surface area contributed by atoms with Gasteiger partial charge in [0.05, 0.1) is 0 Å². The topological polar surface area (TPSA) is 54.1 Å². The number of H-pyrrole nitrogens is 1. The number of amides is 1. The number of aromatic amines is 1. The smallest absolute Gasteiger partial charge is 0.272 e. The first-order valence-electron chi connectivity index (χ1n) is 7.03. The molecule has 0 saturated carbocycles. The van der Waals surface area contributed by atoms with Crippen LogP contribution in [0.1, 0.15) is 16.1 Å². The van der Waals surface area contributed by atoms with Gasteiger partial charge in [-0.2, -0.15) is 0 Å². The molecule has 0 bridgehead atoms. The van der Waals surface area contributed by atoms with Crippen LogP contribution in [0.5, 0.6) is 5.75 Å². The second-order valence-corrected chi connectivity index (χ2v) is 4.84. The molecule has 3 rings (SSSR count). The summed E-state index contributed by atoms with van der Waals surface area (Å²) in [5.74, 6) is 0.602. The summed E-state index contributed by atoms with van der Waals surface area (Å²) in [6, 6.07) is 20.8. The summed E-state index contributed by atoms with van der Waals surface area (Å²) in [4.78, 5) is 14.8. The Balaban J connectivity index is 1.57. The van der Waals surface area contributed by atoms with Crippen molar-refractivity contribution in [2.45, 2.75) is 6.61 Å². The van der Waals surface area contributed by atoms with Crippen LogP contribution in [0.4, 0.5) is 5.69 Å². The number of carbonyl (C=O) groups excluding carboxylic acids is 1. The van der Waals surface area contributed by atoms with Crippen molar-refractivity contribution < 1.29 is 9.53 Å². The van der Waals surface area contributed by atoms with Crippen molar-refractivity contribution >= 4 is 11.6 Å². The molecule has 2 N–H and O–H groups in total. The van der Waals surface area contributed by atoms with Crippen molar-refractivity contribution in [3.05, 3.63) is 84.2 Å². The molecule has 0 aliphatic rings. The quantitative estimate of drug-likeness (QED) is 0.750. The summed E-state index contributed by atoms with van der Waals surface area (Å²) in [6.45, 7) is 0.523. The molecule has 0 aliphatic heterocycles. The van der Waals surface area contributed by atoms with Crippen LogP contribution in [-0.2, 0) is 6.61 Å². The first-order chi connectivity index (χ1) is 10.8. The van der Waals surface area contributed by atoms with Crippen LogP contribution >= 0.6 is 0 Å². The second-order valence-electron chi connectivity index (χ2n) is 4.84. The van der Waals surface area contributed by atoms with Crippen LogP contribution in [0.2, 0.25) is 0 Å². The number of nitrogens with one attached hydrogen (secondary N) is 2. The van der Waals surface area contributed by atoms with E-state index in [2.05, 4.69) is 10.3 Å². The molecule has 0 fully saturated rings. The van der Waals surface area contributed by atoms with Crippen molar-refractivity contribution in [1.82, 2.24) is 4.98 Å². The van der Waals surface area contributed by atoms with E-state index in [0.717, 1.165) is 17.0 Å². The van der Waals surface area contributed by atoms with Crippen LogP contribution in [0.3, 0.4) is 0 Å². The molecule has 0 radical (unpaired) electrons. The van der Waals surface area contributed by atoms with Gasteiger partial charge >= 0.3 is 0 Å². The van der Waals surface area contributed by atoms with Crippen molar-refractivity contribution in [3.63, 3.8) is 0 Å². The summed E-state index contributed by atoms with van der Waals surface area (Å²) in [6.07, 6.45) is 1.72. The van der Waals surface area contributed by atoms with Gasteiger partial charge in [-0.05, 0) is 42.0 Å². The first kappa shape index (κ1) is 13.9. The summed E-state index contributed by atoms with van der Waals surface area (Å²) >= 11 is 0. The van der Waals surface area contributed by atoms with Crippen LogP contribution in [0.15, 0.2) is 72.9 Å². The molecule has 2 aromatic carbocycles. The zero-order chi connectivity index (χ0) is 15.2. The minimum Gasteiger partial charge on any atom is -0.489 e. The number of aromatic nitrogens is 1. The average molecular weight is 292 g/mol. The van der Waals surface area contributed by atoms with Gasteiger partial charge in [-0.1, -0.05) is 30.3 Å². The Labute approximate surface area is 128 Å². The molecular weight excluding hydrogens is 276 g/mol. The Morgan fingerprint density at radius 2 is 1.73 bits per heavy atom. The SMILES string of the molecule is O=C(Nc1ccc(OCc2ccccc2)cc1)c1ccc[nH]1. The van der Waals surface area contributed by atoms with E-state index in [1.54, 1.807) is 18.3 Å². The van der Waals surface area contributed by atoms with Gasteiger partial charge in [0.2, 0.25) is 0 Å². The molecule has 1 aromatic heterocycles. The number of anilines is 1. The lowest BCUT2D eigenvalue weighted by molar-refractivity contribution is 0.102. The normalized spacial score (nSPS) is 10.2. The van der Waals surface area contributed by atoms with Crippen LogP contribution < -0.4 is 10.1 Å². The van der Waals surface area contributed by atoms with E-state index in [0.29, 0.717) is 12.3 Å². The average Bonchev–Trinajstić information content (AvgIpc) is 3.10. The number of carbonyl (C=O) groups is 1. The van der Waals surface area contributed by atoms with Crippen molar-refractivity contribution in [3.8, 4) is 5.75 Å². The minimum absolute atomic E-state index is 0.164. The van der Waals surface area contributed by atoms with Gasteiger partial charge in [0.15, 0.2) is 0 Å². The fraction of sp³-hybridized carbons (Fsp3) is 0.0556. The van der Waals surface area contributed by atoms with Gasteiger partial charge in [0.1, 0.15) is 18.1 Å². The molecule has 1 amide bonds. The molecule has 0 atom stereocenters. The van der Waals surface area contributed by atoms with E-state index in [4.69, 9.17) is 4.74 Å². The molecule has 0 aliphatic carbocycles. The number of rotatable bonds is 5. The lowest BCUT2D eigenvalue weighted by Gasteiger charge is -2.08. The molecule has 0 spiro atoms. The summed E-state index contributed by atoms with van der Waals surface area (Å²) in [5, 5.41) is 2.82. The largest absolute Gasteiger partial charge is 0.489 e. The third-order valence-electron chi connectivity index (χ3n) is 3.20. The highest BCUT2D eigenvalue weighted by molar-refractivity contribution is 6.02. The number of ether oxygens (including phenoxy) is 1.